The molecule has 0 saturated heterocycles. The SMILES string of the molecule is CN(C)c1ccc(C(=O)/C=C/c2cn(C)c(=O)n(C)c2=O)cc1. The first-order chi connectivity index (χ1) is 10.8. The van der Waals surface area contributed by atoms with Gasteiger partial charge in [0.1, 0.15) is 0 Å². The summed E-state index contributed by atoms with van der Waals surface area (Å²) in [6.07, 6.45) is 4.19. The third kappa shape index (κ3) is 3.48. The first kappa shape index (κ1) is 16.5. The van der Waals surface area contributed by atoms with Gasteiger partial charge >= 0.3 is 5.69 Å². The molecular formula is C17H19N3O3. The van der Waals surface area contributed by atoms with E-state index in [0.29, 0.717) is 5.56 Å². The van der Waals surface area contributed by atoms with Gasteiger partial charge in [-0.3, -0.25) is 14.2 Å². The van der Waals surface area contributed by atoms with Gasteiger partial charge in [-0.2, -0.15) is 0 Å². The van der Waals surface area contributed by atoms with Gasteiger partial charge in [0.15, 0.2) is 5.78 Å². The van der Waals surface area contributed by atoms with E-state index < -0.39 is 11.2 Å². The number of anilines is 1. The number of hydrogen-bond donors (Lipinski definition) is 0. The molecule has 6 heteroatoms. The fourth-order valence-electron chi connectivity index (χ4n) is 2.14. The third-order valence-corrected chi connectivity index (χ3v) is 3.56. The zero-order valence-electron chi connectivity index (χ0n) is 13.6. The van der Waals surface area contributed by atoms with E-state index in [4.69, 9.17) is 0 Å². The van der Waals surface area contributed by atoms with Crippen LogP contribution in [0.1, 0.15) is 15.9 Å². The molecule has 2 aromatic rings. The number of benzene rings is 1. The minimum atomic E-state index is -0.430. The van der Waals surface area contributed by atoms with Crippen LogP contribution in [0.15, 0.2) is 46.1 Å². The fourth-order valence-corrected chi connectivity index (χ4v) is 2.14. The Morgan fingerprint density at radius 2 is 1.70 bits per heavy atom. The number of hydrogen-bond acceptors (Lipinski definition) is 4. The molecule has 1 aromatic carbocycles. The lowest BCUT2D eigenvalue weighted by Gasteiger charge is -2.11. The highest BCUT2D eigenvalue weighted by atomic mass is 16.2. The molecule has 1 aromatic heterocycles. The van der Waals surface area contributed by atoms with Gasteiger partial charge in [0.05, 0.1) is 5.56 Å². The van der Waals surface area contributed by atoms with E-state index in [2.05, 4.69) is 0 Å². The lowest BCUT2D eigenvalue weighted by Crippen LogP contribution is -2.37. The van der Waals surface area contributed by atoms with Crippen molar-refractivity contribution >= 4 is 17.5 Å². The van der Waals surface area contributed by atoms with Crippen molar-refractivity contribution in [2.75, 3.05) is 19.0 Å². The van der Waals surface area contributed by atoms with E-state index in [1.54, 1.807) is 19.2 Å². The maximum absolute atomic E-state index is 12.2. The molecule has 2 rings (SSSR count). The molecule has 0 radical (unpaired) electrons. The topological polar surface area (TPSA) is 64.3 Å². The Hall–Kier alpha value is -2.89. The van der Waals surface area contributed by atoms with Crippen LogP contribution in [0.25, 0.3) is 6.08 Å². The predicted molar refractivity (Wildman–Crippen MR) is 91.1 cm³/mol. The molecule has 0 fully saturated rings. The highest BCUT2D eigenvalue weighted by molar-refractivity contribution is 6.06. The highest BCUT2D eigenvalue weighted by Crippen LogP contribution is 2.13. The first-order valence-corrected chi connectivity index (χ1v) is 7.07. The van der Waals surface area contributed by atoms with Crippen molar-refractivity contribution in [3.63, 3.8) is 0 Å². The maximum Gasteiger partial charge on any atom is 0.330 e. The molecule has 0 amide bonds. The second-order valence-corrected chi connectivity index (χ2v) is 5.48. The molecule has 0 N–H and O–H groups in total. The quantitative estimate of drug-likeness (QED) is 0.625. The van der Waals surface area contributed by atoms with E-state index in [0.717, 1.165) is 10.3 Å². The van der Waals surface area contributed by atoms with Crippen LogP contribution in [0.5, 0.6) is 0 Å². The average Bonchev–Trinajstić information content (AvgIpc) is 2.54. The van der Waals surface area contributed by atoms with Crippen LogP contribution in [0, 0.1) is 0 Å². The number of nitrogens with zero attached hydrogens (tertiary/aromatic N) is 3. The summed E-state index contributed by atoms with van der Waals surface area (Å²) in [5.74, 6) is -0.203. The van der Waals surface area contributed by atoms with Crippen LogP contribution in [-0.2, 0) is 14.1 Å². The molecule has 0 aliphatic heterocycles. The van der Waals surface area contributed by atoms with Crippen LogP contribution in [0.2, 0.25) is 0 Å². The summed E-state index contributed by atoms with van der Waals surface area (Å²) in [4.78, 5) is 37.7. The monoisotopic (exact) mass is 313 g/mol. The van der Waals surface area contributed by atoms with E-state index in [1.165, 1.54) is 30.0 Å². The molecule has 0 bridgehead atoms. The number of allylic oxidation sites excluding steroid dienone is 1. The number of ketones is 1. The summed E-state index contributed by atoms with van der Waals surface area (Å²) in [6.45, 7) is 0. The Labute approximate surface area is 133 Å². The summed E-state index contributed by atoms with van der Waals surface area (Å²) in [6, 6.07) is 7.18. The summed E-state index contributed by atoms with van der Waals surface area (Å²) in [5, 5.41) is 0. The van der Waals surface area contributed by atoms with Crippen LogP contribution < -0.4 is 16.1 Å². The molecule has 120 valence electrons. The van der Waals surface area contributed by atoms with Crippen molar-refractivity contribution in [1.82, 2.24) is 9.13 Å². The van der Waals surface area contributed by atoms with E-state index in [-0.39, 0.29) is 11.3 Å². The van der Waals surface area contributed by atoms with Gasteiger partial charge in [-0.25, -0.2) is 4.79 Å². The Morgan fingerprint density at radius 1 is 1.09 bits per heavy atom. The Bertz CT molecular complexity index is 871. The van der Waals surface area contributed by atoms with Gasteiger partial charge in [-0.1, -0.05) is 0 Å². The van der Waals surface area contributed by atoms with Crippen LogP contribution >= 0.6 is 0 Å². The summed E-state index contributed by atoms with van der Waals surface area (Å²) >= 11 is 0. The summed E-state index contributed by atoms with van der Waals surface area (Å²) in [7, 11) is 6.81. The van der Waals surface area contributed by atoms with E-state index in [9.17, 15) is 14.4 Å². The fraction of sp³-hybridized carbons (Fsp3) is 0.235. The maximum atomic E-state index is 12.2. The Balaban J connectivity index is 2.28. The third-order valence-electron chi connectivity index (χ3n) is 3.56. The molecular weight excluding hydrogens is 294 g/mol. The standard InChI is InChI=1S/C17H19N3O3/c1-18(2)14-8-5-12(6-9-14)15(21)10-7-13-11-19(3)17(23)20(4)16(13)22/h5-11H,1-4H3/b10-7+. The van der Waals surface area contributed by atoms with Crippen molar-refractivity contribution in [2.24, 2.45) is 14.1 Å². The van der Waals surface area contributed by atoms with Crippen molar-refractivity contribution < 1.29 is 4.79 Å². The predicted octanol–water partition coefficient (Wildman–Crippen LogP) is 1.05. The molecule has 23 heavy (non-hydrogen) atoms. The minimum absolute atomic E-state index is 0.203. The lowest BCUT2D eigenvalue weighted by atomic mass is 10.1. The zero-order valence-corrected chi connectivity index (χ0v) is 13.6. The molecule has 1 heterocycles. The van der Waals surface area contributed by atoms with Gasteiger partial charge in [0, 0.05) is 45.6 Å². The highest BCUT2D eigenvalue weighted by Gasteiger charge is 2.06. The molecule has 0 unspecified atom stereocenters. The number of carbonyl (C=O) groups excluding carboxylic acids is 1. The van der Waals surface area contributed by atoms with E-state index in [1.807, 2.05) is 31.1 Å². The number of aromatic nitrogens is 2. The first-order valence-electron chi connectivity index (χ1n) is 7.07. The zero-order chi connectivity index (χ0) is 17.1. The average molecular weight is 313 g/mol. The van der Waals surface area contributed by atoms with E-state index >= 15 is 0 Å². The molecule has 0 spiro atoms. The molecule has 6 nitrogen and oxygen atoms in total. The van der Waals surface area contributed by atoms with Crippen molar-refractivity contribution in [3.05, 3.63) is 68.5 Å². The Morgan fingerprint density at radius 3 is 2.26 bits per heavy atom. The van der Waals surface area contributed by atoms with Gasteiger partial charge < -0.3 is 9.47 Å². The van der Waals surface area contributed by atoms with Gasteiger partial charge in [-0.15, -0.1) is 0 Å². The van der Waals surface area contributed by atoms with Gasteiger partial charge in [0.25, 0.3) is 5.56 Å². The number of aryl methyl sites for hydroxylation is 1. The van der Waals surface area contributed by atoms with Crippen LogP contribution in [0.3, 0.4) is 0 Å². The molecule has 0 atom stereocenters. The number of carbonyl (C=O) groups is 1. The molecule has 0 saturated carbocycles. The van der Waals surface area contributed by atoms with Crippen LogP contribution in [-0.4, -0.2) is 29.0 Å². The smallest absolute Gasteiger partial charge is 0.330 e. The Kier molecular flexibility index (Phi) is 4.64. The van der Waals surface area contributed by atoms with Crippen molar-refractivity contribution in [3.8, 4) is 0 Å². The van der Waals surface area contributed by atoms with Gasteiger partial charge in [0.2, 0.25) is 0 Å². The number of rotatable bonds is 4. The molecule has 0 aliphatic rings. The minimum Gasteiger partial charge on any atom is -0.378 e. The van der Waals surface area contributed by atoms with Crippen LogP contribution in [0.4, 0.5) is 5.69 Å². The second kappa shape index (κ2) is 6.48. The molecule has 0 aliphatic carbocycles. The van der Waals surface area contributed by atoms with Gasteiger partial charge in [-0.05, 0) is 36.4 Å². The summed E-state index contributed by atoms with van der Waals surface area (Å²) in [5.41, 5.74) is 0.983. The lowest BCUT2D eigenvalue weighted by molar-refractivity contribution is 0.104. The normalized spacial score (nSPS) is 11.0. The van der Waals surface area contributed by atoms with Crippen molar-refractivity contribution in [2.45, 2.75) is 0 Å². The largest absolute Gasteiger partial charge is 0.378 e. The van der Waals surface area contributed by atoms with Crippen molar-refractivity contribution in [1.29, 1.82) is 0 Å². The summed E-state index contributed by atoms with van der Waals surface area (Å²) < 4.78 is 2.31. The second-order valence-electron chi connectivity index (χ2n) is 5.48.